The molecule has 3 rings (SSSR count). The first kappa shape index (κ1) is 21.5. The van der Waals surface area contributed by atoms with Crippen LogP contribution < -0.4 is 10.2 Å². The van der Waals surface area contributed by atoms with Crippen molar-refractivity contribution in [3.05, 3.63) is 52.8 Å². The predicted octanol–water partition coefficient (Wildman–Crippen LogP) is 3.97. The van der Waals surface area contributed by atoms with E-state index in [1.807, 2.05) is 0 Å². The molecule has 0 aliphatic carbocycles. The number of hydrogen-bond acceptors (Lipinski definition) is 4. The van der Waals surface area contributed by atoms with Crippen molar-refractivity contribution in [2.75, 3.05) is 37.4 Å². The maximum Gasteiger partial charge on any atom is 0.257 e. The first-order chi connectivity index (χ1) is 13.7. The van der Waals surface area contributed by atoms with Crippen molar-refractivity contribution in [2.24, 2.45) is 0 Å². The number of nitrogens with zero attached hydrogens (tertiary/aromatic N) is 2. The van der Waals surface area contributed by atoms with E-state index in [2.05, 4.69) is 10.2 Å². The molecule has 0 bridgehead atoms. The topological polar surface area (TPSA) is 69.7 Å². The van der Waals surface area contributed by atoms with Crippen LogP contribution in [0.3, 0.4) is 0 Å². The molecular formula is C20H23ClFN3O3S. The fourth-order valence-corrected chi connectivity index (χ4v) is 4.30. The average molecular weight is 440 g/mol. The molecule has 0 spiro atoms. The molecule has 0 unspecified atom stereocenters. The van der Waals surface area contributed by atoms with E-state index in [0.717, 1.165) is 42.7 Å². The van der Waals surface area contributed by atoms with Crippen molar-refractivity contribution < 1.29 is 17.6 Å². The lowest BCUT2D eigenvalue weighted by Gasteiger charge is -2.30. The summed E-state index contributed by atoms with van der Waals surface area (Å²) < 4.78 is 39.9. The number of anilines is 2. The Morgan fingerprint density at radius 2 is 1.79 bits per heavy atom. The van der Waals surface area contributed by atoms with Gasteiger partial charge in [0.05, 0.1) is 15.5 Å². The number of benzene rings is 2. The molecular weight excluding hydrogens is 417 g/mol. The summed E-state index contributed by atoms with van der Waals surface area (Å²) in [6, 6.07) is 8.52. The minimum absolute atomic E-state index is 0.0238. The average Bonchev–Trinajstić information content (AvgIpc) is 2.70. The van der Waals surface area contributed by atoms with E-state index >= 15 is 0 Å². The molecule has 1 aliphatic heterocycles. The molecule has 1 fully saturated rings. The van der Waals surface area contributed by atoms with Crippen LogP contribution in [0.1, 0.15) is 29.6 Å². The van der Waals surface area contributed by atoms with Gasteiger partial charge in [0.1, 0.15) is 5.82 Å². The van der Waals surface area contributed by atoms with Gasteiger partial charge in [0.2, 0.25) is 10.0 Å². The van der Waals surface area contributed by atoms with Gasteiger partial charge in [0, 0.05) is 38.6 Å². The summed E-state index contributed by atoms with van der Waals surface area (Å²) >= 11 is 5.70. The van der Waals surface area contributed by atoms with Crippen LogP contribution in [0.2, 0.25) is 5.02 Å². The maximum absolute atomic E-state index is 13.7. The molecule has 2 aromatic carbocycles. The summed E-state index contributed by atoms with van der Waals surface area (Å²) in [5.41, 5.74) is 1.13. The third-order valence-corrected chi connectivity index (χ3v) is 6.98. The number of halogens is 2. The highest BCUT2D eigenvalue weighted by molar-refractivity contribution is 7.89. The van der Waals surface area contributed by atoms with Crippen LogP contribution in [0.15, 0.2) is 41.3 Å². The van der Waals surface area contributed by atoms with Crippen molar-refractivity contribution in [3.8, 4) is 0 Å². The van der Waals surface area contributed by atoms with Crippen LogP contribution in [0, 0.1) is 5.82 Å². The van der Waals surface area contributed by atoms with Gasteiger partial charge >= 0.3 is 0 Å². The maximum atomic E-state index is 13.7. The molecule has 1 amide bonds. The molecule has 9 heteroatoms. The highest BCUT2D eigenvalue weighted by Gasteiger charge is 2.24. The van der Waals surface area contributed by atoms with Crippen LogP contribution in [0.4, 0.5) is 15.8 Å². The molecule has 29 heavy (non-hydrogen) atoms. The van der Waals surface area contributed by atoms with Gasteiger partial charge in [-0.25, -0.2) is 17.1 Å². The van der Waals surface area contributed by atoms with Crippen molar-refractivity contribution in [1.29, 1.82) is 0 Å². The quantitative estimate of drug-likeness (QED) is 0.765. The van der Waals surface area contributed by atoms with Gasteiger partial charge in [-0.05, 0) is 55.7 Å². The van der Waals surface area contributed by atoms with E-state index in [1.54, 1.807) is 6.07 Å². The molecule has 1 saturated heterocycles. The predicted molar refractivity (Wildman–Crippen MR) is 113 cm³/mol. The molecule has 2 aromatic rings. The van der Waals surface area contributed by atoms with E-state index in [4.69, 9.17) is 11.6 Å². The molecule has 0 saturated carbocycles. The fourth-order valence-electron chi connectivity index (χ4n) is 3.25. The molecule has 0 atom stereocenters. The highest BCUT2D eigenvalue weighted by atomic mass is 35.5. The monoisotopic (exact) mass is 439 g/mol. The number of sulfonamides is 1. The fraction of sp³-hybridized carbons (Fsp3) is 0.350. The molecule has 1 aliphatic rings. The Hall–Kier alpha value is -2.16. The first-order valence-corrected chi connectivity index (χ1v) is 11.1. The van der Waals surface area contributed by atoms with Crippen LogP contribution in [0.5, 0.6) is 0 Å². The van der Waals surface area contributed by atoms with Gasteiger partial charge < -0.3 is 10.2 Å². The van der Waals surface area contributed by atoms with E-state index in [0.29, 0.717) is 5.69 Å². The van der Waals surface area contributed by atoms with Crippen molar-refractivity contribution in [1.82, 2.24) is 4.31 Å². The second-order valence-corrected chi connectivity index (χ2v) is 9.66. The van der Waals surface area contributed by atoms with Gasteiger partial charge in [-0.1, -0.05) is 11.6 Å². The molecule has 1 heterocycles. The standard InChI is InChI=1S/C20H23ClFN3O3S/c1-24(2)29(27,28)15-7-9-19(25-10-4-3-5-11-25)16(13-15)20(26)23-14-6-8-17(21)18(22)12-14/h6-9,12-13H,3-5,10-11H2,1-2H3,(H,23,26). The minimum Gasteiger partial charge on any atom is -0.371 e. The second-order valence-electron chi connectivity index (χ2n) is 7.10. The minimum atomic E-state index is -3.71. The Bertz CT molecular complexity index is 1020. The molecule has 1 N–H and O–H groups in total. The number of carbonyl (C=O) groups is 1. The summed E-state index contributed by atoms with van der Waals surface area (Å²) in [7, 11) is -0.839. The second kappa shape index (κ2) is 8.69. The van der Waals surface area contributed by atoms with Crippen molar-refractivity contribution >= 4 is 38.9 Å². The van der Waals surface area contributed by atoms with E-state index in [9.17, 15) is 17.6 Å². The summed E-state index contributed by atoms with van der Waals surface area (Å²) in [5, 5.41) is 2.60. The normalized spacial score (nSPS) is 14.9. The number of nitrogens with one attached hydrogen (secondary N) is 1. The number of amides is 1. The zero-order valence-corrected chi connectivity index (χ0v) is 17.9. The summed E-state index contributed by atoms with van der Waals surface area (Å²) in [4.78, 5) is 15.1. The SMILES string of the molecule is CN(C)S(=O)(=O)c1ccc(N2CCCCC2)c(C(=O)Nc2ccc(Cl)c(F)c2)c1. The summed E-state index contributed by atoms with van der Waals surface area (Å²) in [6.45, 7) is 1.57. The molecule has 0 aromatic heterocycles. The van der Waals surface area contributed by atoms with E-state index < -0.39 is 21.7 Å². The lowest BCUT2D eigenvalue weighted by Crippen LogP contribution is -2.32. The number of rotatable bonds is 5. The molecule has 0 radical (unpaired) electrons. The Balaban J connectivity index is 2.02. The molecule has 6 nitrogen and oxygen atoms in total. The number of hydrogen-bond donors (Lipinski definition) is 1. The zero-order valence-electron chi connectivity index (χ0n) is 16.3. The van der Waals surface area contributed by atoms with Crippen LogP contribution in [-0.2, 0) is 10.0 Å². The van der Waals surface area contributed by atoms with Crippen LogP contribution in [0.25, 0.3) is 0 Å². The summed E-state index contributed by atoms with van der Waals surface area (Å²) in [5.74, 6) is -1.16. The Morgan fingerprint density at radius 3 is 2.41 bits per heavy atom. The van der Waals surface area contributed by atoms with Gasteiger partial charge in [0.25, 0.3) is 5.91 Å². The number of piperidine rings is 1. The van der Waals surface area contributed by atoms with E-state index in [1.165, 1.54) is 38.4 Å². The van der Waals surface area contributed by atoms with Gasteiger partial charge in [-0.3, -0.25) is 4.79 Å². The Labute approximate surface area is 175 Å². The lowest BCUT2D eigenvalue weighted by molar-refractivity contribution is 0.102. The van der Waals surface area contributed by atoms with Gasteiger partial charge in [-0.2, -0.15) is 0 Å². The number of carbonyl (C=O) groups excluding carboxylic acids is 1. The highest BCUT2D eigenvalue weighted by Crippen LogP contribution is 2.29. The zero-order chi connectivity index (χ0) is 21.2. The van der Waals surface area contributed by atoms with Gasteiger partial charge in [-0.15, -0.1) is 0 Å². The summed E-state index contributed by atoms with van der Waals surface area (Å²) in [6.07, 6.45) is 3.12. The Morgan fingerprint density at radius 1 is 1.10 bits per heavy atom. The van der Waals surface area contributed by atoms with Crippen molar-refractivity contribution in [3.63, 3.8) is 0 Å². The third kappa shape index (κ3) is 4.71. The molecule has 156 valence electrons. The third-order valence-electron chi connectivity index (χ3n) is 4.87. The lowest BCUT2D eigenvalue weighted by atomic mass is 10.1. The van der Waals surface area contributed by atoms with Crippen LogP contribution in [-0.4, -0.2) is 45.8 Å². The largest absolute Gasteiger partial charge is 0.371 e. The van der Waals surface area contributed by atoms with Crippen LogP contribution >= 0.6 is 11.6 Å². The Kier molecular flexibility index (Phi) is 6.45. The van der Waals surface area contributed by atoms with Gasteiger partial charge in [0.15, 0.2) is 0 Å². The first-order valence-electron chi connectivity index (χ1n) is 9.28. The van der Waals surface area contributed by atoms with Crippen molar-refractivity contribution in [2.45, 2.75) is 24.2 Å². The smallest absolute Gasteiger partial charge is 0.257 e. The van der Waals surface area contributed by atoms with E-state index in [-0.39, 0.29) is 21.2 Å².